The third-order valence-electron chi connectivity index (χ3n) is 5.26. The van der Waals surface area contributed by atoms with Gasteiger partial charge in [-0.25, -0.2) is 15.6 Å². The minimum atomic E-state index is -0.297. The minimum Gasteiger partial charge on any atom is -0.468 e. The highest BCUT2D eigenvalue weighted by Crippen LogP contribution is 2.23. The van der Waals surface area contributed by atoms with Crippen molar-refractivity contribution in [3.8, 4) is 0 Å². The molecule has 8 heteroatoms. The summed E-state index contributed by atoms with van der Waals surface area (Å²) < 4.78 is 5.39. The highest BCUT2D eigenvalue weighted by Gasteiger charge is 2.33. The van der Waals surface area contributed by atoms with E-state index in [1.807, 2.05) is 42.5 Å². The Hall–Kier alpha value is -2.84. The molecule has 0 bridgehead atoms. The summed E-state index contributed by atoms with van der Waals surface area (Å²) in [6.45, 7) is 1.24. The summed E-state index contributed by atoms with van der Waals surface area (Å²) in [4.78, 5) is 26.7. The van der Waals surface area contributed by atoms with Gasteiger partial charge in [0.15, 0.2) is 0 Å². The number of nitrogens with zero attached hydrogens (tertiary/aromatic N) is 1. The number of benzene rings is 1. The Morgan fingerprint density at radius 3 is 2.54 bits per heavy atom. The molecule has 0 spiro atoms. The van der Waals surface area contributed by atoms with Crippen LogP contribution >= 0.6 is 0 Å². The van der Waals surface area contributed by atoms with Gasteiger partial charge in [-0.1, -0.05) is 18.2 Å². The van der Waals surface area contributed by atoms with Gasteiger partial charge in [0.05, 0.1) is 12.3 Å². The van der Waals surface area contributed by atoms with Crippen LogP contribution in [0, 0.1) is 0 Å². The number of carbonyl (C=O) groups excluding carboxylic acids is 2. The quantitative estimate of drug-likeness (QED) is 0.647. The molecule has 0 radical (unpaired) electrons. The number of hydrogen-bond donors (Lipinski definition) is 4. The van der Waals surface area contributed by atoms with Gasteiger partial charge in [0.2, 0.25) is 5.91 Å². The zero-order valence-corrected chi connectivity index (χ0v) is 15.6. The van der Waals surface area contributed by atoms with Crippen LogP contribution in [0.5, 0.6) is 0 Å². The van der Waals surface area contributed by atoms with Crippen molar-refractivity contribution in [3.63, 3.8) is 0 Å². The Morgan fingerprint density at radius 2 is 1.82 bits per heavy atom. The van der Waals surface area contributed by atoms with Gasteiger partial charge in [-0.3, -0.25) is 4.79 Å². The van der Waals surface area contributed by atoms with E-state index in [-0.39, 0.29) is 30.1 Å². The largest absolute Gasteiger partial charge is 0.468 e. The van der Waals surface area contributed by atoms with Crippen molar-refractivity contribution >= 4 is 17.6 Å². The van der Waals surface area contributed by atoms with E-state index in [4.69, 9.17) is 4.42 Å². The lowest BCUT2D eigenvalue weighted by Gasteiger charge is -2.32. The smallest absolute Gasteiger partial charge is 0.321 e. The van der Waals surface area contributed by atoms with Crippen molar-refractivity contribution in [2.24, 2.45) is 0 Å². The Balaban J connectivity index is 1.21. The Kier molecular flexibility index (Phi) is 5.59. The van der Waals surface area contributed by atoms with Gasteiger partial charge in [0.25, 0.3) is 0 Å². The van der Waals surface area contributed by atoms with Gasteiger partial charge >= 0.3 is 6.03 Å². The number of carbonyl (C=O) groups is 2. The average Bonchev–Trinajstić information content (AvgIpc) is 3.41. The number of hydrazine groups is 1. The molecule has 28 heavy (non-hydrogen) atoms. The number of piperidine rings is 1. The van der Waals surface area contributed by atoms with Crippen LogP contribution in [0.15, 0.2) is 53.1 Å². The van der Waals surface area contributed by atoms with Gasteiger partial charge in [-0.2, -0.15) is 0 Å². The highest BCUT2D eigenvalue weighted by molar-refractivity contribution is 5.89. The first-order chi connectivity index (χ1) is 13.7. The van der Waals surface area contributed by atoms with Gasteiger partial charge < -0.3 is 20.0 Å². The molecule has 2 aromatic rings. The van der Waals surface area contributed by atoms with Crippen molar-refractivity contribution in [3.05, 3.63) is 54.5 Å². The van der Waals surface area contributed by atoms with E-state index in [1.165, 1.54) is 0 Å². The monoisotopic (exact) mass is 383 g/mol. The van der Waals surface area contributed by atoms with E-state index in [9.17, 15) is 9.59 Å². The standard InChI is InChI=1S/C20H25N5O3/c26-19(17-13-16(23-24-17)18-7-4-12-28-18)21-15-8-10-25(11-9-15)20(27)22-14-5-2-1-3-6-14/h1-7,12,15-17,23-24H,8-11,13H2,(H,21,26)(H,22,27). The molecule has 0 saturated carbocycles. The zero-order valence-electron chi connectivity index (χ0n) is 15.6. The van der Waals surface area contributed by atoms with Crippen LogP contribution in [0.3, 0.4) is 0 Å². The molecule has 0 aliphatic carbocycles. The van der Waals surface area contributed by atoms with Gasteiger partial charge in [-0.05, 0) is 43.5 Å². The van der Waals surface area contributed by atoms with E-state index < -0.39 is 0 Å². The van der Waals surface area contributed by atoms with Gasteiger partial charge in [0.1, 0.15) is 11.8 Å². The second-order valence-corrected chi connectivity index (χ2v) is 7.21. The van der Waals surface area contributed by atoms with E-state index >= 15 is 0 Å². The van der Waals surface area contributed by atoms with Crippen LogP contribution in [0.1, 0.15) is 31.1 Å². The van der Waals surface area contributed by atoms with Gasteiger partial charge in [-0.15, -0.1) is 0 Å². The van der Waals surface area contributed by atoms with E-state index in [0.717, 1.165) is 24.3 Å². The molecule has 2 aliphatic rings. The molecule has 2 aliphatic heterocycles. The number of rotatable bonds is 4. The van der Waals surface area contributed by atoms with Crippen molar-refractivity contribution in [1.29, 1.82) is 0 Å². The predicted molar refractivity (Wildman–Crippen MR) is 104 cm³/mol. The first-order valence-corrected chi connectivity index (χ1v) is 9.65. The van der Waals surface area contributed by atoms with Crippen molar-refractivity contribution < 1.29 is 14.0 Å². The normalized spacial score (nSPS) is 22.8. The highest BCUT2D eigenvalue weighted by atomic mass is 16.3. The Labute approximate surface area is 163 Å². The summed E-state index contributed by atoms with van der Waals surface area (Å²) in [5, 5.41) is 6.01. The summed E-state index contributed by atoms with van der Waals surface area (Å²) in [6, 6.07) is 12.8. The molecule has 148 valence electrons. The maximum Gasteiger partial charge on any atom is 0.321 e. The van der Waals surface area contributed by atoms with Crippen molar-refractivity contribution in [2.45, 2.75) is 37.4 Å². The molecule has 3 amide bonds. The maximum atomic E-state index is 12.5. The predicted octanol–water partition coefficient (Wildman–Crippen LogP) is 2.00. The fraction of sp³-hybridized carbons (Fsp3) is 0.400. The molecular weight excluding hydrogens is 358 g/mol. The SMILES string of the molecule is O=C(NC1CCN(C(=O)Nc2ccccc2)CC1)C1CC(c2ccco2)NN1. The van der Waals surface area contributed by atoms with E-state index in [2.05, 4.69) is 21.5 Å². The molecule has 2 unspecified atom stereocenters. The topological polar surface area (TPSA) is 98.6 Å². The van der Waals surface area contributed by atoms with E-state index in [0.29, 0.717) is 19.5 Å². The lowest BCUT2D eigenvalue weighted by Crippen LogP contribution is -2.51. The lowest BCUT2D eigenvalue weighted by atomic mass is 10.0. The van der Waals surface area contributed by atoms with Gasteiger partial charge in [0, 0.05) is 24.8 Å². The molecule has 4 N–H and O–H groups in total. The van der Waals surface area contributed by atoms with Crippen molar-refractivity contribution in [2.75, 3.05) is 18.4 Å². The fourth-order valence-electron chi connectivity index (χ4n) is 3.66. The summed E-state index contributed by atoms with van der Waals surface area (Å²) in [5.41, 5.74) is 6.93. The van der Waals surface area contributed by atoms with Crippen LogP contribution < -0.4 is 21.5 Å². The fourth-order valence-corrected chi connectivity index (χ4v) is 3.66. The van der Waals surface area contributed by atoms with Crippen LogP contribution in [0.25, 0.3) is 0 Å². The lowest BCUT2D eigenvalue weighted by molar-refractivity contribution is -0.123. The molecule has 2 fully saturated rings. The molecule has 3 heterocycles. The number of anilines is 1. The van der Waals surface area contributed by atoms with Crippen LogP contribution in [0.4, 0.5) is 10.5 Å². The molecule has 1 aromatic carbocycles. The molecule has 4 rings (SSSR count). The molecule has 1 aromatic heterocycles. The number of urea groups is 1. The third-order valence-corrected chi connectivity index (χ3v) is 5.26. The minimum absolute atomic E-state index is 0.00530. The number of amides is 3. The summed E-state index contributed by atoms with van der Waals surface area (Å²) in [6.07, 6.45) is 3.76. The summed E-state index contributed by atoms with van der Waals surface area (Å²) >= 11 is 0. The zero-order chi connectivity index (χ0) is 19.3. The number of hydrogen-bond acceptors (Lipinski definition) is 5. The molecule has 2 saturated heterocycles. The first-order valence-electron chi connectivity index (χ1n) is 9.65. The Morgan fingerprint density at radius 1 is 1.04 bits per heavy atom. The first kappa shape index (κ1) is 18.5. The van der Waals surface area contributed by atoms with Crippen LogP contribution in [-0.4, -0.2) is 42.0 Å². The average molecular weight is 383 g/mol. The van der Waals surface area contributed by atoms with Crippen LogP contribution in [-0.2, 0) is 4.79 Å². The van der Waals surface area contributed by atoms with E-state index in [1.54, 1.807) is 11.2 Å². The third kappa shape index (κ3) is 4.35. The molecular formula is C20H25N5O3. The molecule has 2 atom stereocenters. The number of nitrogens with one attached hydrogen (secondary N) is 4. The number of para-hydroxylation sites is 1. The van der Waals surface area contributed by atoms with Crippen LogP contribution in [0.2, 0.25) is 0 Å². The van der Waals surface area contributed by atoms with Crippen molar-refractivity contribution in [1.82, 2.24) is 21.1 Å². The number of furan rings is 1. The number of likely N-dealkylation sites (tertiary alicyclic amines) is 1. The second-order valence-electron chi connectivity index (χ2n) is 7.21. The summed E-state index contributed by atoms with van der Waals surface area (Å²) in [7, 11) is 0. The Bertz CT molecular complexity index is 787. The second kappa shape index (κ2) is 8.45. The summed E-state index contributed by atoms with van der Waals surface area (Å²) in [5.74, 6) is 0.800. The molecule has 8 nitrogen and oxygen atoms in total. The maximum absolute atomic E-state index is 12.5.